The van der Waals surface area contributed by atoms with E-state index in [0.29, 0.717) is 12.2 Å². The quantitative estimate of drug-likeness (QED) is 0.195. The largest absolute Gasteiger partial charge is 0.325 e. The lowest BCUT2D eigenvalue weighted by atomic mass is 9.71. The lowest BCUT2D eigenvalue weighted by Gasteiger charge is -2.38. The number of rotatable bonds is 18. The Morgan fingerprint density at radius 3 is 1.67 bits per heavy atom. The van der Waals surface area contributed by atoms with Gasteiger partial charge in [0.15, 0.2) is 0 Å². The predicted molar refractivity (Wildman–Crippen MR) is 121 cm³/mol. The van der Waals surface area contributed by atoms with Crippen molar-refractivity contribution in [3.8, 4) is 0 Å². The lowest BCUT2D eigenvalue weighted by Crippen LogP contribution is -2.48. The molecule has 27 heavy (non-hydrogen) atoms. The summed E-state index contributed by atoms with van der Waals surface area (Å²) in [4.78, 5) is 12.2. The fourth-order valence-electron chi connectivity index (χ4n) is 3.20. The van der Waals surface area contributed by atoms with Gasteiger partial charge in [-0.15, -0.1) is 0 Å². The van der Waals surface area contributed by atoms with E-state index in [0.717, 1.165) is 12.8 Å². The van der Waals surface area contributed by atoms with E-state index < -0.39 is 0 Å². The molecule has 0 aromatic heterocycles. The third kappa shape index (κ3) is 15.0. The molecule has 0 saturated heterocycles. The first-order valence-corrected chi connectivity index (χ1v) is 11.7. The van der Waals surface area contributed by atoms with Crippen LogP contribution in [0.2, 0.25) is 0 Å². The first-order valence-electron chi connectivity index (χ1n) is 11.7. The number of nitrogens with two attached hydrogens (primary N) is 1. The molecule has 0 atom stereocenters. The van der Waals surface area contributed by atoms with Gasteiger partial charge in [-0.3, -0.25) is 4.79 Å². The van der Waals surface area contributed by atoms with Crippen LogP contribution < -0.4 is 5.73 Å². The highest BCUT2D eigenvalue weighted by Crippen LogP contribution is 2.32. The minimum absolute atomic E-state index is 0.133. The maximum Gasteiger partial charge on any atom is 0.133 e. The van der Waals surface area contributed by atoms with Crippen LogP contribution in [0.25, 0.3) is 0 Å². The Morgan fingerprint density at radius 2 is 1.19 bits per heavy atom. The minimum Gasteiger partial charge on any atom is -0.325 e. The van der Waals surface area contributed by atoms with Gasteiger partial charge in [-0.2, -0.15) is 0 Å². The Balaban J connectivity index is 3.47. The van der Waals surface area contributed by atoms with Gasteiger partial charge in [0.25, 0.3) is 0 Å². The van der Waals surface area contributed by atoms with Gasteiger partial charge in [-0.05, 0) is 51.4 Å². The average molecular weight is 380 g/mol. The van der Waals surface area contributed by atoms with Crippen molar-refractivity contribution in [2.75, 3.05) is 0 Å². The van der Waals surface area contributed by atoms with Crippen molar-refractivity contribution in [3.05, 3.63) is 12.2 Å². The summed E-state index contributed by atoms with van der Waals surface area (Å²) in [5.74, 6) is 0.371. The number of carbonyl (C=O) groups excluding carboxylic acids is 1. The number of Topliss-reactive ketones (excluding diaryl/α,β-unsaturated/α-hetero) is 1. The fourth-order valence-corrected chi connectivity index (χ4v) is 3.20. The first-order chi connectivity index (χ1) is 12.7. The van der Waals surface area contributed by atoms with Crippen LogP contribution in [-0.4, -0.2) is 11.3 Å². The number of unbranched alkanes of at least 4 members (excludes halogenated alkanes) is 11. The van der Waals surface area contributed by atoms with Crippen molar-refractivity contribution in [1.82, 2.24) is 0 Å². The number of hydrogen-bond acceptors (Lipinski definition) is 2. The molecule has 2 nitrogen and oxygen atoms in total. The molecule has 160 valence electrons. The SMILES string of the molecule is CCCCCCCC/C=C\CCCCCCCC(=O)CC(C)(C)C(C)(C)N. The third-order valence-electron chi connectivity index (χ3n) is 6.10. The summed E-state index contributed by atoms with van der Waals surface area (Å²) in [6.07, 6.45) is 22.9. The zero-order valence-electron chi connectivity index (χ0n) is 19.2. The smallest absolute Gasteiger partial charge is 0.133 e. The van der Waals surface area contributed by atoms with Gasteiger partial charge in [0.2, 0.25) is 0 Å². The minimum atomic E-state index is -0.314. The molecule has 0 aliphatic rings. The molecule has 0 saturated carbocycles. The van der Waals surface area contributed by atoms with Crippen molar-refractivity contribution in [2.45, 2.75) is 136 Å². The van der Waals surface area contributed by atoms with Crippen LogP contribution in [0.1, 0.15) is 131 Å². The molecule has 0 rings (SSSR count). The summed E-state index contributed by atoms with van der Waals surface area (Å²) in [6, 6.07) is 0. The van der Waals surface area contributed by atoms with Crippen molar-refractivity contribution in [3.63, 3.8) is 0 Å². The Bertz CT molecular complexity index is 390. The van der Waals surface area contributed by atoms with E-state index >= 15 is 0 Å². The van der Waals surface area contributed by atoms with Crippen molar-refractivity contribution in [2.24, 2.45) is 11.1 Å². The van der Waals surface area contributed by atoms with Gasteiger partial charge in [0.05, 0.1) is 0 Å². The van der Waals surface area contributed by atoms with E-state index in [4.69, 9.17) is 5.73 Å². The van der Waals surface area contributed by atoms with Crippen LogP contribution in [0.5, 0.6) is 0 Å². The van der Waals surface area contributed by atoms with Crippen LogP contribution in [0.4, 0.5) is 0 Å². The second kappa shape index (κ2) is 15.3. The number of hydrogen-bond donors (Lipinski definition) is 1. The van der Waals surface area contributed by atoms with E-state index in [2.05, 4.69) is 32.9 Å². The van der Waals surface area contributed by atoms with E-state index in [-0.39, 0.29) is 11.0 Å². The van der Waals surface area contributed by atoms with E-state index in [9.17, 15) is 4.79 Å². The zero-order chi connectivity index (χ0) is 20.6. The molecule has 0 amide bonds. The van der Waals surface area contributed by atoms with Gasteiger partial charge in [0.1, 0.15) is 5.78 Å². The van der Waals surface area contributed by atoms with Crippen LogP contribution in [0.3, 0.4) is 0 Å². The molecule has 0 aromatic rings. The van der Waals surface area contributed by atoms with Gasteiger partial charge in [-0.1, -0.05) is 84.3 Å². The molecule has 2 N–H and O–H groups in total. The van der Waals surface area contributed by atoms with Crippen LogP contribution in [0.15, 0.2) is 12.2 Å². The van der Waals surface area contributed by atoms with Crippen LogP contribution in [0, 0.1) is 5.41 Å². The summed E-state index contributed by atoms with van der Waals surface area (Å²) in [5.41, 5.74) is 5.74. The van der Waals surface area contributed by atoms with Gasteiger partial charge < -0.3 is 5.73 Å². The third-order valence-corrected chi connectivity index (χ3v) is 6.10. The molecule has 0 unspecified atom stereocenters. The van der Waals surface area contributed by atoms with E-state index in [1.54, 1.807) is 0 Å². The molecule has 0 aliphatic carbocycles. The number of carbonyl (C=O) groups is 1. The van der Waals surface area contributed by atoms with Crippen molar-refractivity contribution < 1.29 is 4.79 Å². The Hall–Kier alpha value is -0.630. The van der Waals surface area contributed by atoms with Gasteiger partial charge >= 0.3 is 0 Å². The molecule has 0 aliphatic heterocycles. The second-order valence-electron chi connectivity index (χ2n) is 9.66. The highest BCUT2D eigenvalue weighted by molar-refractivity contribution is 5.79. The Labute approximate surface area is 170 Å². The maximum atomic E-state index is 12.2. The van der Waals surface area contributed by atoms with Gasteiger partial charge in [0, 0.05) is 18.4 Å². The Kier molecular flexibility index (Phi) is 15.0. The first kappa shape index (κ1) is 26.4. The lowest BCUT2D eigenvalue weighted by molar-refractivity contribution is -0.121. The topological polar surface area (TPSA) is 43.1 Å². The van der Waals surface area contributed by atoms with Crippen LogP contribution >= 0.6 is 0 Å². The van der Waals surface area contributed by atoms with E-state index in [1.165, 1.54) is 77.0 Å². The summed E-state index contributed by atoms with van der Waals surface area (Å²) in [6.45, 7) is 10.5. The molecule has 0 fully saturated rings. The highest BCUT2D eigenvalue weighted by atomic mass is 16.1. The standard InChI is InChI=1S/C25H49NO/c1-6-7-8-9-10-11-12-13-14-15-16-17-18-19-20-21-23(27)22-24(2,3)25(4,5)26/h13-14H,6-12,15-22,26H2,1-5H3/b14-13-. The summed E-state index contributed by atoms with van der Waals surface area (Å²) in [7, 11) is 0. The highest BCUT2D eigenvalue weighted by Gasteiger charge is 2.34. The molecular formula is C25H49NO. The normalized spacial score (nSPS) is 12.8. The second-order valence-corrected chi connectivity index (χ2v) is 9.66. The average Bonchev–Trinajstić information content (AvgIpc) is 2.57. The van der Waals surface area contributed by atoms with Gasteiger partial charge in [-0.25, -0.2) is 0 Å². The number of ketones is 1. The fraction of sp³-hybridized carbons (Fsp3) is 0.880. The Morgan fingerprint density at radius 1 is 0.741 bits per heavy atom. The monoisotopic (exact) mass is 379 g/mol. The maximum absolute atomic E-state index is 12.2. The molecule has 0 bridgehead atoms. The van der Waals surface area contributed by atoms with E-state index in [1.807, 2.05) is 13.8 Å². The summed E-state index contributed by atoms with van der Waals surface area (Å²) in [5, 5.41) is 0. The van der Waals surface area contributed by atoms with Crippen molar-refractivity contribution >= 4 is 5.78 Å². The molecule has 0 heterocycles. The van der Waals surface area contributed by atoms with Crippen molar-refractivity contribution in [1.29, 1.82) is 0 Å². The molecular weight excluding hydrogens is 330 g/mol. The number of allylic oxidation sites excluding steroid dienone is 2. The summed E-state index contributed by atoms with van der Waals surface area (Å²) >= 11 is 0. The molecule has 0 aromatic carbocycles. The zero-order valence-corrected chi connectivity index (χ0v) is 19.2. The molecule has 0 spiro atoms. The summed E-state index contributed by atoms with van der Waals surface area (Å²) < 4.78 is 0. The molecule has 0 radical (unpaired) electrons. The predicted octanol–water partition coefficient (Wildman–Crippen LogP) is 7.75. The van der Waals surface area contributed by atoms with Crippen LogP contribution in [-0.2, 0) is 4.79 Å². The molecule has 2 heteroatoms.